The molecule has 1 heterocycles. The maximum absolute atomic E-state index is 13.4. The molecule has 0 aromatic heterocycles. The monoisotopic (exact) mass is 247 g/mol. The van der Waals surface area contributed by atoms with Crippen molar-refractivity contribution in [3.63, 3.8) is 0 Å². The molecule has 0 amide bonds. The van der Waals surface area contributed by atoms with Crippen molar-refractivity contribution in [1.82, 2.24) is 5.32 Å². The van der Waals surface area contributed by atoms with Crippen molar-refractivity contribution in [1.29, 1.82) is 5.26 Å². The number of nitriles is 1. The highest BCUT2D eigenvalue weighted by Crippen LogP contribution is 2.20. The predicted molar refractivity (Wildman–Crippen MR) is 69.8 cm³/mol. The Morgan fingerprint density at radius 2 is 2.44 bits per heavy atom. The smallest absolute Gasteiger partial charge is 0.143 e. The van der Waals surface area contributed by atoms with Gasteiger partial charge in [0.25, 0.3) is 0 Å². The van der Waals surface area contributed by atoms with Gasteiger partial charge in [-0.15, -0.1) is 0 Å². The van der Waals surface area contributed by atoms with Crippen LogP contribution in [-0.4, -0.2) is 18.6 Å². The molecule has 1 saturated heterocycles. The van der Waals surface area contributed by atoms with Crippen LogP contribution < -0.4 is 10.6 Å². The van der Waals surface area contributed by atoms with E-state index in [9.17, 15) is 4.39 Å². The highest BCUT2D eigenvalue weighted by Gasteiger charge is 2.18. The Morgan fingerprint density at radius 3 is 3.11 bits per heavy atom. The first-order valence-corrected chi connectivity index (χ1v) is 6.39. The van der Waals surface area contributed by atoms with Crippen LogP contribution in [-0.2, 0) is 0 Å². The highest BCUT2D eigenvalue weighted by atomic mass is 19.1. The number of nitrogens with zero attached hydrogens (tertiary/aromatic N) is 1. The molecule has 0 spiro atoms. The van der Waals surface area contributed by atoms with E-state index >= 15 is 0 Å². The van der Waals surface area contributed by atoms with Crippen LogP contribution in [0.15, 0.2) is 18.2 Å². The Balaban J connectivity index is 2.00. The van der Waals surface area contributed by atoms with E-state index < -0.39 is 5.82 Å². The Bertz CT molecular complexity index is 447. The number of benzene rings is 1. The molecule has 1 fully saturated rings. The van der Waals surface area contributed by atoms with Gasteiger partial charge in [0, 0.05) is 12.1 Å². The van der Waals surface area contributed by atoms with Crippen molar-refractivity contribution in [3.05, 3.63) is 29.6 Å². The van der Waals surface area contributed by atoms with Gasteiger partial charge in [0.1, 0.15) is 17.4 Å². The quantitative estimate of drug-likeness (QED) is 0.860. The lowest BCUT2D eigenvalue weighted by Crippen LogP contribution is -2.29. The van der Waals surface area contributed by atoms with Crippen molar-refractivity contribution in [3.8, 4) is 6.07 Å². The van der Waals surface area contributed by atoms with Gasteiger partial charge in [-0.25, -0.2) is 4.39 Å². The fraction of sp³-hybridized carbons (Fsp3) is 0.500. The van der Waals surface area contributed by atoms with Gasteiger partial charge in [0.15, 0.2) is 0 Å². The summed E-state index contributed by atoms with van der Waals surface area (Å²) in [6, 6.07) is 7.35. The van der Waals surface area contributed by atoms with Crippen molar-refractivity contribution in [2.45, 2.75) is 38.3 Å². The summed E-state index contributed by atoms with van der Waals surface area (Å²) in [5, 5.41) is 15.6. The van der Waals surface area contributed by atoms with Crippen LogP contribution in [0.3, 0.4) is 0 Å². The average Bonchev–Trinajstić information content (AvgIpc) is 2.82. The molecule has 1 aliphatic rings. The van der Waals surface area contributed by atoms with Crippen LogP contribution in [0.4, 0.5) is 10.1 Å². The fourth-order valence-corrected chi connectivity index (χ4v) is 2.47. The molecular weight excluding hydrogens is 229 g/mol. The standard InChI is InChI=1S/C14H18FN3/c1-10(8-11-4-3-7-17-11)18-14-6-2-5-13(15)12(14)9-16/h2,5-6,10-11,17-18H,3-4,7-8H2,1H3. The second-order valence-electron chi connectivity index (χ2n) is 4.85. The third-order valence-corrected chi connectivity index (χ3v) is 3.33. The predicted octanol–water partition coefficient (Wildman–Crippen LogP) is 2.64. The summed E-state index contributed by atoms with van der Waals surface area (Å²) in [4.78, 5) is 0. The normalized spacial score (nSPS) is 20.4. The van der Waals surface area contributed by atoms with Gasteiger partial charge in [0.2, 0.25) is 0 Å². The molecule has 2 N–H and O–H groups in total. The third kappa shape index (κ3) is 2.99. The van der Waals surface area contributed by atoms with Crippen molar-refractivity contribution in [2.75, 3.05) is 11.9 Å². The Kier molecular flexibility index (Phi) is 4.16. The molecule has 18 heavy (non-hydrogen) atoms. The van der Waals surface area contributed by atoms with Gasteiger partial charge in [-0.3, -0.25) is 0 Å². The van der Waals surface area contributed by atoms with E-state index in [1.54, 1.807) is 12.1 Å². The summed E-state index contributed by atoms with van der Waals surface area (Å²) in [6.45, 7) is 3.15. The summed E-state index contributed by atoms with van der Waals surface area (Å²) in [5.41, 5.74) is 0.687. The lowest BCUT2D eigenvalue weighted by molar-refractivity contribution is 0.523. The number of hydrogen-bond donors (Lipinski definition) is 2. The first kappa shape index (κ1) is 12.8. The second kappa shape index (κ2) is 5.83. The third-order valence-electron chi connectivity index (χ3n) is 3.33. The number of nitrogens with one attached hydrogen (secondary N) is 2. The zero-order valence-electron chi connectivity index (χ0n) is 10.5. The first-order valence-electron chi connectivity index (χ1n) is 6.39. The minimum Gasteiger partial charge on any atom is -0.381 e. The van der Waals surface area contributed by atoms with Crippen LogP contribution in [0, 0.1) is 17.1 Å². The first-order chi connectivity index (χ1) is 8.70. The van der Waals surface area contributed by atoms with E-state index in [2.05, 4.69) is 17.6 Å². The Morgan fingerprint density at radius 1 is 1.61 bits per heavy atom. The molecule has 0 saturated carbocycles. The SMILES string of the molecule is CC(CC1CCCN1)Nc1cccc(F)c1C#N. The zero-order chi connectivity index (χ0) is 13.0. The molecule has 2 unspecified atom stereocenters. The molecule has 0 aliphatic carbocycles. The van der Waals surface area contributed by atoms with Gasteiger partial charge in [0.05, 0.1) is 5.69 Å². The number of halogens is 1. The van der Waals surface area contributed by atoms with Gasteiger partial charge in [-0.2, -0.15) is 5.26 Å². The minimum atomic E-state index is -0.464. The van der Waals surface area contributed by atoms with E-state index in [1.807, 2.05) is 6.07 Å². The number of hydrogen-bond acceptors (Lipinski definition) is 3. The maximum atomic E-state index is 13.4. The Hall–Kier alpha value is -1.60. The summed E-state index contributed by atoms with van der Waals surface area (Å²) < 4.78 is 13.4. The van der Waals surface area contributed by atoms with Crippen LogP contribution >= 0.6 is 0 Å². The van der Waals surface area contributed by atoms with Crippen LogP contribution in [0.2, 0.25) is 0 Å². The van der Waals surface area contributed by atoms with Crippen LogP contribution in [0.1, 0.15) is 31.7 Å². The lowest BCUT2D eigenvalue weighted by Gasteiger charge is -2.20. The summed E-state index contributed by atoms with van der Waals surface area (Å²) >= 11 is 0. The van der Waals surface area contributed by atoms with Crippen molar-refractivity contribution in [2.24, 2.45) is 0 Å². The molecule has 3 nitrogen and oxygen atoms in total. The van der Waals surface area contributed by atoms with E-state index in [1.165, 1.54) is 18.9 Å². The molecule has 0 radical (unpaired) electrons. The van der Waals surface area contributed by atoms with Crippen LogP contribution in [0.25, 0.3) is 0 Å². The highest BCUT2D eigenvalue weighted by molar-refractivity contribution is 5.58. The van der Waals surface area contributed by atoms with Crippen LogP contribution in [0.5, 0.6) is 0 Å². The lowest BCUT2D eigenvalue weighted by atomic mass is 10.1. The number of rotatable bonds is 4. The second-order valence-corrected chi connectivity index (χ2v) is 4.85. The molecule has 2 rings (SSSR count). The van der Waals surface area contributed by atoms with Gasteiger partial charge in [-0.1, -0.05) is 6.07 Å². The molecule has 2 atom stereocenters. The molecule has 0 bridgehead atoms. The Labute approximate surface area is 107 Å². The molecule has 4 heteroatoms. The fourth-order valence-electron chi connectivity index (χ4n) is 2.47. The van der Waals surface area contributed by atoms with E-state index in [0.29, 0.717) is 11.7 Å². The van der Waals surface area contributed by atoms with Crippen molar-refractivity contribution < 1.29 is 4.39 Å². The average molecular weight is 247 g/mol. The molecule has 1 aromatic rings. The van der Waals surface area contributed by atoms with E-state index in [4.69, 9.17) is 5.26 Å². The summed E-state index contributed by atoms with van der Waals surface area (Å²) in [5.74, 6) is -0.464. The largest absolute Gasteiger partial charge is 0.381 e. The van der Waals surface area contributed by atoms with E-state index in [0.717, 1.165) is 13.0 Å². The maximum Gasteiger partial charge on any atom is 0.143 e. The van der Waals surface area contributed by atoms with Gasteiger partial charge in [-0.05, 0) is 44.9 Å². The van der Waals surface area contributed by atoms with Gasteiger partial charge < -0.3 is 10.6 Å². The minimum absolute atomic E-state index is 0.101. The zero-order valence-corrected chi connectivity index (χ0v) is 10.5. The summed E-state index contributed by atoms with van der Waals surface area (Å²) in [7, 11) is 0. The molecule has 1 aromatic carbocycles. The van der Waals surface area contributed by atoms with Crippen molar-refractivity contribution >= 4 is 5.69 Å². The molecule has 1 aliphatic heterocycles. The van der Waals surface area contributed by atoms with Gasteiger partial charge >= 0.3 is 0 Å². The number of anilines is 1. The topological polar surface area (TPSA) is 47.8 Å². The summed E-state index contributed by atoms with van der Waals surface area (Å²) in [6.07, 6.45) is 3.41. The molecular formula is C14H18FN3. The molecule has 96 valence electrons. The van der Waals surface area contributed by atoms with E-state index in [-0.39, 0.29) is 11.6 Å².